The highest BCUT2D eigenvalue weighted by Crippen LogP contribution is 2.25. The molecule has 0 saturated heterocycles. The molecular formula is C26H27ClFN3O4S. The Kier molecular flexibility index (Phi) is 9.06. The van der Waals surface area contributed by atoms with Gasteiger partial charge in [-0.25, -0.2) is 12.8 Å². The quantitative estimate of drug-likeness (QED) is 0.424. The van der Waals surface area contributed by atoms with E-state index in [-0.39, 0.29) is 23.0 Å². The second kappa shape index (κ2) is 12.0. The largest absolute Gasteiger partial charge is 0.357 e. The summed E-state index contributed by atoms with van der Waals surface area (Å²) >= 11 is 5.98. The normalized spacial score (nSPS) is 12.0. The number of carbonyl (C=O) groups is 2. The summed E-state index contributed by atoms with van der Waals surface area (Å²) in [7, 11) is -2.71. The molecule has 0 aliphatic carbocycles. The van der Waals surface area contributed by atoms with E-state index in [1.54, 1.807) is 49.4 Å². The first-order valence-electron chi connectivity index (χ1n) is 11.3. The van der Waals surface area contributed by atoms with Crippen molar-refractivity contribution in [1.29, 1.82) is 0 Å². The van der Waals surface area contributed by atoms with Crippen LogP contribution in [0.15, 0.2) is 83.8 Å². The number of benzene rings is 3. The van der Waals surface area contributed by atoms with Crippen LogP contribution in [0.2, 0.25) is 5.02 Å². The van der Waals surface area contributed by atoms with Gasteiger partial charge in [0.15, 0.2) is 0 Å². The molecule has 7 nitrogen and oxygen atoms in total. The molecule has 3 aromatic rings. The second-order valence-corrected chi connectivity index (χ2v) is 10.3. The third-order valence-corrected chi connectivity index (χ3v) is 7.66. The zero-order valence-corrected chi connectivity index (χ0v) is 21.5. The van der Waals surface area contributed by atoms with Gasteiger partial charge in [0.1, 0.15) is 18.4 Å². The molecule has 0 heterocycles. The number of nitrogens with zero attached hydrogens (tertiary/aromatic N) is 2. The van der Waals surface area contributed by atoms with Crippen molar-refractivity contribution in [2.24, 2.45) is 0 Å². The minimum atomic E-state index is -4.19. The average Bonchev–Trinajstić information content (AvgIpc) is 2.89. The number of amides is 2. The highest BCUT2D eigenvalue weighted by molar-refractivity contribution is 7.92. The summed E-state index contributed by atoms with van der Waals surface area (Å²) in [6.07, 6.45) is 0.307. The number of hydrogen-bond acceptors (Lipinski definition) is 4. The fourth-order valence-electron chi connectivity index (χ4n) is 3.73. The van der Waals surface area contributed by atoms with Crippen LogP contribution < -0.4 is 9.62 Å². The lowest BCUT2D eigenvalue weighted by molar-refractivity contribution is -0.140. The molecule has 1 N–H and O–H groups in total. The van der Waals surface area contributed by atoms with Crippen molar-refractivity contribution in [1.82, 2.24) is 10.2 Å². The average molecular weight is 532 g/mol. The molecule has 2 amide bonds. The van der Waals surface area contributed by atoms with Gasteiger partial charge in [0, 0.05) is 18.6 Å². The molecule has 190 valence electrons. The molecule has 0 radical (unpaired) electrons. The van der Waals surface area contributed by atoms with Crippen LogP contribution in [0.5, 0.6) is 0 Å². The lowest BCUT2D eigenvalue weighted by Crippen LogP contribution is -2.51. The first-order chi connectivity index (χ1) is 17.2. The number of hydrogen-bond donors (Lipinski definition) is 1. The van der Waals surface area contributed by atoms with Gasteiger partial charge in [-0.15, -0.1) is 0 Å². The van der Waals surface area contributed by atoms with Crippen LogP contribution in [0.25, 0.3) is 0 Å². The lowest BCUT2D eigenvalue weighted by Gasteiger charge is -2.33. The summed E-state index contributed by atoms with van der Waals surface area (Å²) in [5.41, 5.74) is 0.836. The highest BCUT2D eigenvalue weighted by atomic mass is 35.5. The Morgan fingerprint density at radius 1 is 0.972 bits per heavy atom. The number of rotatable bonds is 10. The minimum Gasteiger partial charge on any atom is -0.357 e. The second-order valence-electron chi connectivity index (χ2n) is 7.99. The molecule has 0 spiro atoms. The van der Waals surface area contributed by atoms with Crippen LogP contribution in [-0.2, 0) is 26.2 Å². The Morgan fingerprint density at radius 3 is 2.14 bits per heavy atom. The van der Waals surface area contributed by atoms with Crippen LogP contribution in [0, 0.1) is 5.82 Å². The van der Waals surface area contributed by atoms with Crippen molar-refractivity contribution in [2.45, 2.75) is 30.8 Å². The molecule has 0 bridgehead atoms. The first kappa shape index (κ1) is 27.2. The molecule has 0 aliphatic heterocycles. The van der Waals surface area contributed by atoms with Gasteiger partial charge in [0.2, 0.25) is 11.8 Å². The third kappa shape index (κ3) is 6.41. The molecule has 0 saturated carbocycles. The number of nitrogens with one attached hydrogen (secondary N) is 1. The maximum absolute atomic E-state index is 13.7. The van der Waals surface area contributed by atoms with Gasteiger partial charge < -0.3 is 10.2 Å². The van der Waals surface area contributed by atoms with Crippen LogP contribution >= 0.6 is 11.6 Å². The molecule has 36 heavy (non-hydrogen) atoms. The van der Waals surface area contributed by atoms with E-state index in [9.17, 15) is 22.4 Å². The fourth-order valence-corrected chi connectivity index (χ4v) is 5.29. The van der Waals surface area contributed by atoms with Crippen LogP contribution in [0.3, 0.4) is 0 Å². The predicted molar refractivity (Wildman–Crippen MR) is 138 cm³/mol. The monoisotopic (exact) mass is 531 g/mol. The number of halogens is 2. The summed E-state index contributed by atoms with van der Waals surface area (Å²) in [4.78, 5) is 27.7. The molecule has 0 fully saturated rings. The van der Waals surface area contributed by atoms with Gasteiger partial charge in [-0.2, -0.15) is 0 Å². The molecule has 0 aromatic heterocycles. The Morgan fingerprint density at radius 2 is 1.58 bits per heavy atom. The van der Waals surface area contributed by atoms with Crippen LogP contribution in [-0.4, -0.2) is 44.8 Å². The molecule has 3 aromatic carbocycles. The smallest absolute Gasteiger partial charge is 0.264 e. The van der Waals surface area contributed by atoms with Gasteiger partial charge >= 0.3 is 0 Å². The van der Waals surface area contributed by atoms with E-state index < -0.39 is 34.3 Å². The maximum atomic E-state index is 13.7. The third-order valence-electron chi connectivity index (χ3n) is 5.62. The van der Waals surface area contributed by atoms with Gasteiger partial charge in [0.05, 0.1) is 10.6 Å². The zero-order valence-electron chi connectivity index (χ0n) is 19.9. The molecule has 10 heteroatoms. The van der Waals surface area contributed by atoms with Crippen molar-refractivity contribution in [3.8, 4) is 0 Å². The number of anilines is 1. The van der Waals surface area contributed by atoms with Crippen molar-refractivity contribution in [3.05, 3.63) is 95.3 Å². The number of carbonyl (C=O) groups excluding carboxylic acids is 2. The SMILES string of the molecule is CC[C@@H](C(=O)NC)N(Cc1ccc(Cl)cc1)C(=O)CN(c1ccc(F)cc1)S(=O)(=O)c1ccccc1. The van der Waals surface area contributed by atoms with Gasteiger partial charge in [0.25, 0.3) is 10.0 Å². The summed E-state index contributed by atoms with van der Waals surface area (Å²) in [6.45, 7) is 1.23. The van der Waals surface area contributed by atoms with Crippen molar-refractivity contribution in [2.75, 3.05) is 17.9 Å². The molecule has 1 atom stereocenters. The standard InChI is InChI=1S/C26H27ClFN3O4S/c1-3-24(26(33)29-2)30(17-19-9-11-20(27)12-10-19)25(32)18-31(22-15-13-21(28)14-16-22)36(34,35)23-7-5-4-6-8-23/h4-16,24H,3,17-18H2,1-2H3,(H,29,33)/t24-/m0/s1. The van der Waals surface area contributed by atoms with E-state index in [0.29, 0.717) is 17.0 Å². The van der Waals surface area contributed by atoms with Crippen molar-refractivity contribution < 1.29 is 22.4 Å². The van der Waals surface area contributed by atoms with Crippen LogP contribution in [0.1, 0.15) is 18.9 Å². The van der Waals surface area contributed by atoms with E-state index in [1.165, 1.54) is 36.2 Å². The van der Waals surface area contributed by atoms with E-state index in [2.05, 4.69) is 5.32 Å². The highest BCUT2D eigenvalue weighted by Gasteiger charge is 2.33. The van der Waals surface area contributed by atoms with Gasteiger partial charge in [-0.05, 0) is 60.5 Å². The minimum absolute atomic E-state index is 0.0234. The first-order valence-corrected chi connectivity index (χ1v) is 13.1. The van der Waals surface area contributed by atoms with Gasteiger partial charge in [-0.3, -0.25) is 13.9 Å². The van der Waals surface area contributed by atoms with E-state index in [1.807, 2.05) is 0 Å². The topological polar surface area (TPSA) is 86.8 Å². The van der Waals surface area contributed by atoms with Gasteiger partial charge in [-0.1, -0.05) is 48.9 Å². The molecule has 3 rings (SSSR count). The lowest BCUT2D eigenvalue weighted by atomic mass is 10.1. The number of likely N-dealkylation sites (N-methyl/N-ethyl adjacent to an activating group) is 1. The summed E-state index contributed by atoms with van der Waals surface area (Å²) in [6, 6.07) is 18.5. The van der Waals surface area contributed by atoms with E-state index in [0.717, 1.165) is 16.4 Å². The molecular weight excluding hydrogens is 505 g/mol. The van der Waals surface area contributed by atoms with Crippen LogP contribution in [0.4, 0.5) is 10.1 Å². The van der Waals surface area contributed by atoms with Crippen molar-refractivity contribution in [3.63, 3.8) is 0 Å². The molecule has 0 unspecified atom stereocenters. The molecule has 0 aliphatic rings. The Bertz CT molecular complexity index is 1290. The fraction of sp³-hybridized carbons (Fsp3) is 0.231. The van der Waals surface area contributed by atoms with E-state index >= 15 is 0 Å². The Balaban J connectivity index is 2.03. The summed E-state index contributed by atoms with van der Waals surface area (Å²) in [5, 5.41) is 3.09. The number of sulfonamides is 1. The Labute approximate surface area is 215 Å². The van der Waals surface area contributed by atoms with E-state index in [4.69, 9.17) is 11.6 Å². The summed E-state index contributed by atoms with van der Waals surface area (Å²) in [5.74, 6) is -1.51. The predicted octanol–water partition coefficient (Wildman–Crippen LogP) is 4.23. The summed E-state index contributed by atoms with van der Waals surface area (Å²) < 4.78 is 41.7. The maximum Gasteiger partial charge on any atom is 0.264 e. The Hall–Kier alpha value is -3.43. The van der Waals surface area contributed by atoms with Crippen molar-refractivity contribution >= 4 is 39.1 Å². The zero-order chi connectivity index (χ0) is 26.3.